The van der Waals surface area contributed by atoms with Crippen molar-refractivity contribution in [3.05, 3.63) is 158 Å². The van der Waals surface area contributed by atoms with Crippen molar-refractivity contribution < 1.29 is 129 Å². The van der Waals surface area contributed by atoms with E-state index in [0.717, 1.165) is 90.4 Å². The number of nitrogens with zero attached hydrogens (tertiary/aromatic N) is 6. The summed E-state index contributed by atoms with van der Waals surface area (Å²) < 4.78 is 48.7. The molecule has 1 saturated carbocycles. The third-order valence-electron chi connectivity index (χ3n) is 28.1. The summed E-state index contributed by atoms with van der Waals surface area (Å²) in [5.41, 5.74) is 29.6. The highest BCUT2D eigenvalue weighted by Crippen LogP contribution is 2.52. The minimum absolute atomic E-state index is 0.0101. The first-order chi connectivity index (χ1) is 70.2. The Morgan fingerprint density at radius 2 is 1.34 bits per heavy atom. The van der Waals surface area contributed by atoms with E-state index in [9.17, 15) is 80.5 Å². The highest BCUT2D eigenvalue weighted by Gasteiger charge is 2.55. The topological polar surface area (TPSA) is 648 Å². The van der Waals surface area contributed by atoms with Crippen molar-refractivity contribution in [2.45, 2.75) is 287 Å². The number of rotatable bonds is 27. The molecule has 27 N–H and O–H groups in total. The summed E-state index contributed by atoms with van der Waals surface area (Å²) >= 11 is 12.2. The van der Waals surface area contributed by atoms with Gasteiger partial charge in [0.2, 0.25) is 5.91 Å². The Balaban J connectivity index is 0.000000206. The molecule has 2 unspecified atom stereocenters. The van der Waals surface area contributed by atoms with Crippen molar-refractivity contribution in [2.75, 3.05) is 83.4 Å². The van der Waals surface area contributed by atoms with E-state index in [2.05, 4.69) is 86.9 Å². The molecule has 27 atom stereocenters. The number of phenolic OH excluding ortho intramolecular Hbond substituents is 2. The number of likely N-dealkylation sites (tertiary alicyclic amines) is 1. The van der Waals surface area contributed by atoms with Gasteiger partial charge >= 0.3 is 11.8 Å². The van der Waals surface area contributed by atoms with E-state index in [1.807, 2.05) is 80.6 Å². The van der Waals surface area contributed by atoms with Crippen LogP contribution in [-0.4, -0.2) is 334 Å². The number of fused-ring (bicyclic) bond motifs is 3. The maximum Gasteiger partial charge on any atom is 0.312 e. The fraction of sp³-hybridized carbons (Fsp3) is 0.581. The molecule has 4 fully saturated rings. The smallest absolute Gasteiger partial charge is 0.312 e. The highest BCUT2D eigenvalue weighted by atomic mass is 35.5. The van der Waals surface area contributed by atoms with Crippen molar-refractivity contribution >= 4 is 85.6 Å². The number of carbonyl (C=O) groups excluding carboxylic acids is 4. The van der Waals surface area contributed by atoms with Gasteiger partial charge in [-0.05, 0) is 145 Å². The molecule has 41 nitrogen and oxygen atoms in total. The second-order valence-electron chi connectivity index (χ2n) is 39.9. The van der Waals surface area contributed by atoms with E-state index in [4.69, 9.17) is 109 Å². The number of aromatic hydroxyl groups is 2. The van der Waals surface area contributed by atoms with Gasteiger partial charge in [-0.2, -0.15) is 0 Å². The minimum atomic E-state index is -1.95. The van der Waals surface area contributed by atoms with Gasteiger partial charge in [0.1, 0.15) is 101 Å². The van der Waals surface area contributed by atoms with Gasteiger partial charge in [0.15, 0.2) is 18.3 Å². The Morgan fingerprint density at radius 1 is 0.723 bits per heavy atom. The summed E-state index contributed by atoms with van der Waals surface area (Å²) in [6, 6.07) is 24.9. The Morgan fingerprint density at radius 3 is 1.94 bits per heavy atom. The van der Waals surface area contributed by atoms with Crippen LogP contribution in [0.4, 0.5) is 17.1 Å². The second-order valence-corrected chi connectivity index (χ2v) is 40.8. The number of piperidine rings is 1. The van der Waals surface area contributed by atoms with Crippen LogP contribution in [0.1, 0.15) is 144 Å². The van der Waals surface area contributed by atoms with Crippen LogP contribution in [0, 0.1) is 36.5 Å². The zero-order chi connectivity index (χ0) is 109. The molecule has 1 spiro atoms. The molecule has 816 valence electrons. The van der Waals surface area contributed by atoms with Crippen molar-refractivity contribution in [2.24, 2.45) is 67.5 Å². The van der Waals surface area contributed by atoms with Crippen LogP contribution in [0.5, 0.6) is 17.2 Å². The van der Waals surface area contributed by atoms with Crippen molar-refractivity contribution in [3.63, 3.8) is 0 Å². The molecular formula is C105H151Cl2N15O26. The summed E-state index contributed by atoms with van der Waals surface area (Å²) in [5.74, 6) is -7.41. The predicted octanol–water partition coefficient (Wildman–Crippen LogP) is 3.52. The Bertz CT molecular complexity index is 5880. The molecule has 3 saturated heterocycles. The lowest BCUT2D eigenvalue weighted by molar-refractivity contribution is -0.332. The average Bonchev–Trinajstić information content (AvgIpc) is 1.53. The number of aliphatic hydroxyl groups excluding tert-OH is 12. The van der Waals surface area contributed by atoms with E-state index >= 15 is 0 Å². The zero-order valence-corrected chi connectivity index (χ0v) is 87.9. The second kappa shape index (κ2) is 53.2. The van der Waals surface area contributed by atoms with Gasteiger partial charge in [-0.3, -0.25) is 29.2 Å². The number of hydrogen-bond acceptors (Lipinski definition) is 38. The van der Waals surface area contributed by atoms with Gasteiger partial charge < -0.3 is 168 Å². The molecule has 9 aliphatic rings. The summed E-state index contributed by atoms with van der Waals surface area (Å²) in [4.78, 5) is 75.3. The number of halogens is 2. The van der Waals surface area contributed by atoms with Gasteiger partial charge in [-0.15, -0.1) is 0 Å². The number of para-hydroxylation sites is 2. The number of phenols is 2. The van der Waals surface area contributed by atoms with Crippen LogP contribution in [0.2, 0.25) is 10.0 Å². The van der Waals surface area contributed by atoms with Gasteiger partial charge in [0.05, 0.1) is 107 Å². The Labute approximate surface area is 870 Å². The molecule has 0 aromatic heterocycles. The summed E-state index contributed by atoms with van der Waals surface area (Å²) in [7, 11) is 1.47. The number of ether oxygens (including phenoxy) is 8. The van der Waals surface area contributed by atoms with Crippen LogP contribution in [0.25, 0.3) is 38.9 Å². The van der Waals surface area contributed by atoms with Crippen LogP contribution < -0.4 is 70.3 Å². The minimum Gasteiger partial charge on any atom is -0.507 e. The first-order valence-electron chi connectivity index (χ1n) is 50.5. The lowest BCUT2D eigenvalue weighted by Gasteiger charge is -2.49. The van der Waals surface area contributed by atoms with Crippen molar-refractivity contribution in [1.29, 1.82) is 0 Å². The number of allylic oxidation sites excluding steroid dienone is 2. The number of ketones is 1. The molecule has 2 amide bonds. The largest absolute Gasteiger partial charge is 0.507 e. The highest BCUT2D eigenvalue weighted by molar-refractivity contribution is 6.31. The maximum absolute atomic E-state index is 14.7. The third kappa shape index (κ3) is 27.9. The monoisotopic (exact) mass is 2110 g/mol. The lowest BCUT2D eigenvalue weighted by atomic mass is 9.78. The molecule has 43 heteroatoms. The predicted molar refractivity (Wildman–Crippen MR) is 556 cm³/mol. The van der Waals surface area contributed by atoms with Crippen LogP contribution in [-0.2, 0) is 47.5 Å². The molecule has 7 aliphatic heterocycles. The molecule has 7 heterocycles. The van der Waals surface area contributed by atoms with E-state index in [1.165, 1.54) is 27.2 Å². The molecule has 4 bridgehead atoms. The molecule has 5 aromatic rings. The molecular weight excluding hydrogens is 1960 g/mol. The number of Topliss-reactive ketones (excluding diaryl/α,β-unsaturated/α-hetero) is 1. The summed E-state index contributed by atoms with van der Waals surface area (Å²) in [5, 5.41) is 165. The average molecular weight is 2110 g/mol. The zero-order valence-electron chi connectivity index (χ0n) is 86.4. The number of anilines is 3. The Kier molecular flexibility index (Phi) is 42.7. The first kappa shape index (κ1) is 119. The van der Waals surface area contributed by atoms with E-state index in [1.54, 1.807) is 65.8 Å². The first-order valence-corrected chi connectivity index (χ1v) is 51.3. The molecule has 5 aromatic carbocycles. The molecule has 0 radical (unpaired) electrons. The summed E-state index contributed by atoms with van der Waals surface area (Å²) in [6.07, 6.45) is -12.9. The van der Waals surface area contributed by atoms with E-state index in [-0.39, 0.29) is 107 Å². The Hall–Kier alpha value is -9.50. The van der Waals surface area contributed by atoms with Crippen molar-refractivity contribution in [3.8, 4) is 34.3 Å². The SMILES string of the molecule is CC(C)N=c1cc2n(-c3ccc(Cl)cc3)c3ccccc3nc-2cc1Nc1ccc(Cl)cc1.CCC(CO)NCCNC(CC)CO.CO[C@H]1/C=C/O[C@@]2(C)Oc3c(C)c(O)c4c(O)c(c5c(c4c3C2=O)NC2(CCN(CC(C)C)CC2)N=5)=NC(=O)/C(C)=C\C=C\[C@H](C)[C@H](O)[C@@H](C)[C@@H](O)[C@@H](C)[C@H](OC(C)=O)[C@@H]1C.NCC[C@H](O)C(=O)N[C@@H]1C[C@H](N)[C@@H](O[C@H]2O[C@H](CN)[C@@H](O)[C@H](O)[C@H]2O)[C@H](O)[C@H]1O[C@H]1O[C@H](CO)[C@@H](O)[C@H](N)[C@H]1O. The van der Waals surface area contributed by atoms with Crippen LogP contribution >= 0.6 is 23.2 Å². The van der Waals surface area contributed by atoms with E-state index < -0.39 is 193 Å². The van der Waals surface area contributed by atoms with Gasteiger partial charge in [-0.1, -0.05) is 109 Å². The molecule has 148 heavy (non-hydrogen) atoms. The van der Waals surface area contributed by atoms with Gasteiger partial charge in [-0.25, -0.2) is 9.98 Å². The van der Waals surface area contributed by atoms with Crippen LogP contribution in [0.15, 0.2) is 136 Å². The fourth-order valence-corrected chi connectivity index (χ4v) is 19.7. The summed E-state index contributed by atoms with van der Waals surface area (Å²) in [6.45, 7) is 28.9. The fourth-order valence-electron chi connectivity index (χ4n) is 19.4. The number of benzene rings is 6. The normalized spacial score (nSPS) is 30.3. The molecule has 14 rings (SSSR count). The standard InChI is InChI=1S/C46H62N4O11.C27H22Cl2N4.C22H43N5O13.C10H24N2O2/c1-22(2)21-50-18-16-46(17-19-50)48-34-31-32-39(54)28(8)42-33(31)43(56)45(10,61-42)59-20-15-30(58-11)25(5)41(60-29(9)51)27(7)38(53)26(6)37(52)23(3)13-12-14-24(4)44(57)47-36(40(32)55)35(34)49-46;1-17(2)30-24-16-27-25(15-23(24)31-20-11-7-18(28)8-12-20)32-22-5-3-4-6-26(22)33(27)21-13-9-19(29)10-14-21;23-2-1-8(29)20(36)27-7-3-6(25)18(39-22-16(34)15(33)13(31)9(4-24)37-22)17(35)19(7)40-21-14(32)11(26)12(30)10(5-28)38-21;1-3-9(7-13)11-5-6-12-10(4-2)8-14/h12-15,20,22-23,25-27,30,37-38,41,48,52-55H,16-19,21H2,1-11H3;3-17,31H,1-2H3;6-19,21-22,28-35H,1-5,23-26H2,(H,27,36);9-14H,3-8H2,1-2H3/b13-12+,20-15+,24-14-,47-36?;;;/t23-,25+,26+,27+,30-,37-,38+,41+,45-;;6-,7+,8-,9+,10+,11-,12+,13+,14+,15-,16+,17-,18+,19-,21+,22+;/m0.0./s1. The number of hydrogen-bond donors (Lipinski definition) is 23. The number of aromatic nitrogens is 2. The number of carbonyl (C=O) groups is 4. The van der Waals surface area contributed by atoms with Crippen LogP contribution in [0.3, 0.4) is 0 Å². The maximum atomic E-state index is 14.7. The quantitative estimate of drug-likeness (QED) is 0.0152. The molecule has 2 aliphatic carbocycles. The van der Waals surface area contributed by atoms with Crippen molar-refractivity contribution in [1.82, 2.24) is 30.4 Å². The van der Waals surface area contributed by atoms with Gasteiger partial charge in [0.25, 0.3) is 11.7 Å². The number of methoxy groups -OCH3 is 1. The van der Waals surface area contributed by atoms with E-state index in [0.29, 0.717) is 34.5 Å². The number of aliphatic hydroxyl groups is 12. The lowest BCUT2D eigenvalue weighted by Crippen LogP contribution is -2.69. The number of esters is 1. The third-order valence-corrected chi connectivity index (χ3v) is 28.6. The number of amides is 2. The number of nitrogens with two attached hydrogens (primary N) is 4. The van der Waals surface area contributed by atoms with Gasteiger partial charge in [0, 0.05) is 159 Å². The number of nitrogens with one attached hydrogen (secondary N) is 5.